The molecule has 0 bridgehead atoms. The van der Waals surface area contributed by atoms with Gasteiger partial charge in [0, 0.05) is 0 Å². The van der Waals surface area contributed by atoms with E-state index < -0.39 is 52.7 Å². The second-order valence-electron chi connectivity index (χ2n) is 3.60. The van der Waals surface area contributed by atoms with Gasteiger partial charge in [-0.2, -0.15) is 26.3 Å². The molecule has 0 spiro atoms. The number of benzene rings is 1. The van der Waals surface area contributed by atoms with Gasteiger partial charge in [0.1, 0.15) is 0 Å². The van der Waals surface area contributed by atoms with Crippen LogP contribution >= 0.6 is 0 Å². The maximum Gasteiger partial charge on any atom is 0.436 e. The molecule has 0 aliphatic heterocycles. The second-order valence-corrected chi connectivity index (χ2v) is 3.60. The van der Waals surface area contributed by atoms with Crippen LogP contribution in [-0.4, -0.2) is 12.4 Å². The van der Waals surface area contributed by atoms with Crippen LogP contribution in [0.2, 0.25) is 0 Å². The monoisotopic (exact) mass is 336 g/mol. The third-order valence-corrected chi connectivity index (χ3v) is 2.34. The summed E-state index contributed by atoms with van der Waals surface area (Å²) in [7, 11) is 0. The van der Waals surface area contributed by atoms with Gasteiger partial charge in [0.15, 0.2) is 23.3 Å². The zero-order chi connectivity index (χ0) is 17.0. The molecule has 1 aromatic carbocycles. The van der Waals surface area contributed by atoms with E-state index in [4.69, 9.17) is 0 Å². The van der Waals surface area contributed by atoms with Gasteiger partial charge in [-0.3, -0.25) is 0 Å². The topological polar surface area (TPSA) is 0 Å². The average Bonchev–Trinajstić information content (AvgIpc) is 2.31. The van der Waals surface area contributed by atoms with Crippen LogP contribution in [0.25, 0.3) is 0 Å². The highest BCUT2D eigenvalue weighted by Crippen LogP contribution is 2.54. The molecule has 0 atom stereocenters. The lowest BCUT2D eigenvalue weighted by atomic mass is 9.92. The van der Waals surface area contributed by atoms with Gasteiger partial charge < -0.3 is 0 Å². The van der Waals surface area contributed by atoms with Crippen molar-refractivity contribution in [2.45, 2.75) is 18.0 Å². The highest BCUT2D eigenvalue weighted by Gasteiger charge is 2.75. The number of alkyl halides is 7. The van der Waals surface area contributed by atoms with E-state index in [1.165, 1.54) is 0 Å². The van der Waals surface area contributed by atoms with Crippen molar-refractivity contribution in [1.82, 2.24) is 0 Å². The highest BCUT2D eigenvalue weighted by molar-refractivity contribution is 5.32. The summed E-state index contributed by atoms with van der Waals surface area (Å²) in [6.45, 7) is 0. The molecule has 0 saturated heterocycles. The van der Waals surface area contributed by atoms with Gasteiger partial charge >= 0.3 is 18.0 Å². The van der Waals surface area contributed by atoms with Gasteiger partial charge in [0.2, 0.25) is 5.82 Å². The predicted octanol–water partition coefficient (Wildman–Crippen LogP) is 4.67. The molecule has 0 saturated carbocycles. The summed E-state index contributed by atoms with van der Waals surface area (Å²) in [5, 5.41) is 0. The first-order valence-electron chi connectivity index (χ1n) is 4.52. The molecule has 0 radical (unpaired) electrons. The number of hydrogen-bond donors (Lipinski definition) is 0. The third-order valence-electron chi connectivity index (χ3n) is 2.34. The summed E-state index contributed by atoms with van der Waals surface area (Å²) in [6.07, 6.45) is -14.0. The Balaban J connectivity index is 3.96. The fraction of sp³-hybridized carbons (Fsp3) is 0.333. The highest BCUT2D eigenvalue weighted by atomic mass is 19.4. The molecule has 12 heteroatoms. The molecular formula is C9F12. The first-order chi connectivity index (χ1) is 9.18. The summed E-state index contributed by atoms with van der Waals surface area (Å²) >= 11 is 0. The zero-order valence-electron chi connectivity index (χ0n) is 9.04. The molecule has 0 nitrogen and oxygen atoms in total. The molecule has 120 valence electrons. The molecule has 0 aliphatic rings. The van der Waals surface area contributed by atoms with E-state index in [1.54, 1.807) is 0 Å². The molecule has 0 fully saturated rings. The fourth-order valence-corrected chi connectivity index (χ4v) is 1.35. The Morgan fingerprint density at radius 3 is 0.905 bits per heavy atom. The first kappa shape index (κ1) is 17.4. The van der Waals surface area contributed by atoms with Crippen LogP contribution in [0.3, 0.4) is 0 Å². The minimum Gasteiger partial charge on any atom is -0.218 e. The molecule has 0 unspecified atom stereocenters. The van der Waals surface area contributed by atoms with Crippen molar-refractivity contribution in [3.8, 4) is 0 Å². The van der Waals surface area contributed by atoms with E-state index in [-0.39, 0.29) is 0 Å². The Morgan fingerprint density at radius 1 is 0.429 bits per heavy atom. The van der Waals surface area contributed by atoms with Gasteiger partial charge in [0.05, 0.1) is 5.56 Å². The number of hydrogen-bond acceptors (Lipinski definition) is 0. The Bertz CT molecular complexity index is 523. The maximum absolute atomic E-state index is 13.4. The Hall–Kier alpha value is -1.62. The van der Waals surface area contributed by atoms with Crippen LogP contribution < -0.4 is 0 Å². The Morgan fingerprint density at radius 2 is 0.667 bits per heavy atom. The van der Waals surface area contributed by atoms with E-state index in [9.17, 15) is 52.7 Å². The van der Waals surface area contributed by atoms with Gasteiger partial charge in [0.25, 0.3) is 0 Å². The normalized spacial score (nSPS) is 13.7. The summed E-state index contributed by atoms with van der Waals surface area (Å²) in [5.74, 6) is -16.4. The molecule has 0 amide bonds. The minimum absolute atomic E-state index is 3.03. The van der Waals surface area contributed by atoms with E-state index in [0.717, 1.165) is 0 Å². The van der Waals surface area contributed by atoms with Crippen LogP contribution in [0, 0.1) is 29.1 Å². The Labute approximate surface area is 107 Å². The third kappa shape index (κ3) is 2.29. The van der Waals surface area contributed by atoms with Crippen molar-refractivity contribution in [1.29, 1.82) is 0 Å². The summed E-state index contributed by atoms with van der Waals surface area (Å²) in [4.78, 5) is 0. The molecule has 0 aromatic heterocycles. The van der Waals surface area contributed by atoms with Crippen molar-refractivity contribution < 1.29 is 52.7 Å². The van der Waals surface area contributed by atoms with Crippen molar-refractivity contribution in [3.05, 3.63) is 34.6 Å². The lowest BCUT2D eigenvalue weighted by molar-refractivity contribution is -0.350. The summed E-state index contributed by atoms with van der Waals surface area (Å²) < 4.78 is 151. The molecule has 0 heterocycles. The van der Waals surface area contributed by atoms with E-state index in [0.29, 0.717) is 0 Å². The number of rotatable bonds is 1. The van der Waals surface area contributed by atoms with Crippen LogP contribution in [-0.2, 0) is 5.67 Å². The summed E-state index contributed by atoms with van der Waals surface area (Å²) in [5.41, 5.74) is -10.4. The van der Waals surface area contributed by atoms with Crippen LogP contribution in [0.1, 0.15) is 5.56 Å². The number of halogens is 12. The molecular weight excluding hydrogens is 336 g/mol. The van der Waals surface area contributed by atoms with Crippen molar-refractivity contribution in [2.75, 3.05) is 0 Å². The predicted molar refractivity (Wildman–Crippen MR) is 41.1 cm³/mol. The van der Waals surface area contributed by atoms with Crippen LogP contribution in [0.15, 0.2) is 0 Å². The van der Waals surface area contributed by atoms with Crippen molar-refractivity contribution in [2.24, 2.45) is 0 Å². The molecule has 1 rings (SSSR count). The van der Waals surface area contributed by atoms with Crippen LogP contribution in [0.4, 0.5) is 52.7 Å². The molecule has 21 heavy (non-hydrogen) atoms. The largest absolute Gasteiger partial charge is 0.436 e. The molecule has 0 N–H and O–H groups in total. The van der Waals surface area contributed by atoms with Gasteiger partial charge in [-0.05, 0) is 0 Å². The van der Waals surface area contributed by atoms with Gasteiger partial charge in [-0.1, -0.05) is 0 Å². The van der Waals surface area contributed by atoms with Crippen molar-refractivity contribution in [3.63, 3.8) is 0 Å². The first-order valence-corrected chi connectivity index (χ1v) is 4.52. The van der Waals surface area contributed by atoms with Gasteiger partial charge in [-0.25, -0.2) is 26.3 Å². The zero-order valence-corrected chi connectivity index (χ0v) is 9.04. The second kappa shape index (κ2) is 4.70. The Kier molecular flexibility index (Phi) is 3.90. The van der Waals surface area contributed by atoms with E-state index in [2.05, 4.69) is 0 Å². The fourth-order valence-electron chi connectivity index (χ4n) is 1.35. The standard InChI is InChI=1S/C9F12/c10-2-1(3(11)5(13)6(14)4(2)12)7(15,8(16,17)18)9(19,20)21. The smallest absolute Gasteiger partial charge is 0.218 e. The SMILES string of the molecule is Fc1c(F)c(F)c(C(F)(C(F)(F)F)C(F)(F)F)c(F)c1F. The van der Waals surface area contributed by atoms with E-state index in [1.807, 2.05) is 0 Å². The van der Waals surface area contributed by atoms with Crippen LogP contribution in [0.5, 0.6) is 0 Å². The lowest BCUT2D eigenvalue weighted by Crippen LogP contribution is -2.52. The molecule has 1 aromatic rings. The van der Waals surface area contributed by atoms with E-state index >= 15 is 0 Å². The molecule has 0 aliphatic carbocycles. The minimum atomic E-state index is -7.02. The van der Waals surface area contributed by atoms with Crippen molar-refractivity contribution >= 4 is 0 Å². The average molecular weight is 336 g/mol. The lowest BCUT2D eigenvalue weighted by Gasteiger charge is -2.30. The van der Waals surface area contributed by atoms with Gasteiger partial charge in [-0.15, -0.1) is 0 Å². The quantitative estimate of drug-likeness (QED) is 0.397. The maximum atomic E-state index is 13.4. The summed E-state index contributed by atoms with van der Waals surface area (Å²) in [6, 6.07) is 0.